The number of hydrogen-bond acceptors (Lipinski definition) is 0. The SMILES string of the molecule is CC1CCC1C1CCC1. The van der Waals surface area contributed by atoms with Gasteiger partial charge in [0, 0.05) is 0 Å². The Balaban J connectivity index is 1.83. The van der Waals surface area contributed by atoms with Crippen molar-refractivity contribution in [2.45, 2.75) is 39.0 Å². The highest BCUT2D eigenvalue weighted by molar-refractivity contribution is 4.86. The Kier molecular flexibility index (Phi) is 1.28. The van der Waals surface area contributed by atoms with Crippen LogP contribution in [0.1, 0.15) is 39.0 Å². The minimum Gasteiger partial charge on any atom is -0.0622 e. The summed E-state index contributed by atoms with van der Waals surface area (Å²) in [6, 6.07) is 0. The van der Waals surface area contributed by atoms with E-state index in [9.17, 15) is 0 Å². The van der Waals surface area contributed by atoms with Crippen molar-refractivity contribution < 1.29 is 0 Å². The van der Waals surface area contributed by atoms with Gasteiger partial charge in [0.05, 0.1) is 0 Å². The fourth-order valence-electron chi connectivity index (χ4n) is 2.26. The molecule has 0 radical (unpaired) electrons. The molecule has 2 atom stereocenters. The van der Waals surface area contributed by atoms with Crippen LogP contribution in [0.4, 0.5) is 0 Å². The third-order valence-electron chi connectivity index (χ3n) is 3.44. The normalized spacial score (nSPS) is 43.7. The van der Waals surface area contributed by atoms with Crippen LogP contribution in [0, 0.1) is 17.8 Å². The Labute approximate surface area is 57.6 Å². The molecule has 0 heterocycles. The molecular formula is C9H16. The molecule has 2 aliphatic carbocycles. The molecule has 0 heteroatoms. The van der Waals surface area contributed by atoms with E-state index in [1.807, 2.05) is 0 Å². The van der Waals surface area contributed by atoms with Gasteiger partial charge in [-0.2, -0.15) is 0 Å². The van der Waals surface area contributed by atoms with Crippen molar-refractivity contribution in [3.05, 3.63) is 0 Å². The minimum atomic E-state index is 1.08. The molecule has 0 aromatic rings. The highest BCUT2D eigenvalue weighted by Gasteiger charge is 2.36. The predicted molar refractivity (Wildman–Crippen MR) is 39.2 cm³/mol. The van der Waals surface area contributed by atoms with Crippen LogP contribution in [-0.2, 0) is 0 Å². The fraction of sp³-hybridized carbons (Fsp3) is 1.00. The molecule has 0 aliphatic heterocycles. The second-order valence-corrected chi connectivity index (χ2v) is 3.91. The minimum absolute atomic E-state index is 1.08. The van der Waals surface area contributed by atoms with E-state index in [4.69, 9.17) is 0 Å². The maximum atomic E-state index is 2.42. The van der Waals surface area contributed by atoms with Crippen molar-refractivity contribution in [1.82, 2.24) is 0 Å². The zero-order chi connectivity index (χ0) is 6.27. The van der Waals surface area contributed by atoms with Crippen LogP contribution in [0.25, 0.3) is 0 Å². The summed E-state index contributed by atoms with van der Waals surface area (Å²) in [6.07, 6.45) is 7.69. The van der Waals surface area contributed by atoms with E-state index in [1.54, 1.807) is 19.3 Å². The van der Waals surface area contributed by atoms with Gasteiger partial charge in [-0.25, -0.2) is 0 Å². The summed E-state index contributed by atoms with van der Waals surface area (Å²) in [5.74, 6) is 3.39. The Morgan fingerprint density at radius 2 is 1.78 bits per heavy atom. The second kappa shape index (κ2) is 2.00. The molecule has 0 spiro atoms. The van der Waals surface area contributed by atoms with Crippen LogP contribution in [0.2, 0.25) is 0 Å². The molecule has 2 saturated carbocycles. The molecule has 0 amide bonds. The van der Waals surface area contributed by atoms with E-state index in [0.717, 1.165) is 17.8 Å². The molecule has 2 rings (SSSR count). The van der Waals surface area contributed by atoms with Crippen LogP contribution >= 0.6 is 0 Å². The summed E-state index contributed by atoms with van der Waals surface area (Å²) in [5.41, 5.74) is 0. The van der Waals surface area contributed by atoms with Crippen LogP contribution in [0.3, 0.4) is 0 Å². The van der Waals surface area contributed by atoms with E-state index < -0.39 is 0 Å². The lowest BCUT2D eigenvalue weighted by Gasteiger charge is -2.44. The molecule has 2 fully saturated rings. The molecule has 0 aromatic heterocycles. The fourth-order valence-corrected chi connectivity index (χ4v) is 2.26. The molecule has 0 N–H and O–H groups in total. The standard InChI is InChI=1S/C9H16/c1-7-5-6-9(7)8-3-2-4-8/h7-9H,2-6H2,1H3. The molecule has 0 aromatic carbocycles. The van der Waals surface area contributed by atoms with Crippen molar-refractivity contribution in [2.75, 3.05) is 0 Å². The largest absolute Gasteiger partial charge is 0.0622 e. The number of rotatable bonds is 1. The smallest absolute Gasteiger partial charge is 0.0360 e. The topological polar surface area (TPSA) is 0 Å². The summed E-state index contributed by atoms with van der Waals surface area (Å²) in [6.45, 7) is 2.42. The predicted octanol–water partition coefficient (Wildman–Crippen LogP) is 2.83. The number of hydrogen-bond donors (Lipinski definition) is 0. The van der Waals surface area contributed by atoms with Crippen molar-refractivity contribution in [3.63, 3.8) is 0 Å². The van der Waals surface area contributed by atoms with E-state index in [0.29, 0.717) is 0 Å². The van der Waals surface area contributed by atoms with E-state index in [2.05, 4.69) is 6.92 Å². The first kappa shape index (κ1) is 5.76. The van der Waals surface area contributed by atoms with E-state index >= 15 is 0 Å². The summed E-state index contributed by atoms with van der Waals surface area (Å²) in [5, 5.41) is 0. The summed E-state index contributed by atoms with van der Waals surface area (Å²) in [7, 11) is 0. The third kappa shape index (κ3) is 0.798. The van der Waals surface area contributed by atoms with E-state index in [-0.39, 0.29) is 0 Å². The van der Waals surface area contributed by atoms with Gasteiger partial charge in [-0.15, -0.1) is 0 Å². The summed E-state index contributed by atoms with van der Waals surface area (Å²) >= 11 is 0. The molecule has 0 saturated heterocycles. The maximum absolute atomic E-state index is 2.42. The van der Waals surface area contributed by atoms with Crippen molar-refractivity contribution >= 4 is 0 Å². The maximum Gasteiger partial charge on any atom is -0.0360 e. The van der Waals surface area contributed by atoms with Crippen LogP contribution in [-0.4, -0.2) is 0 Å². The lowest BCUT2D eigenvalue weighted by molar-refractivity contribution is 0.0674. The Morgan fingerprint density at radius 3 is 1.89 bits per heavy atom. The highest BCUT2D eigenvalue weighted by atomic mass is 14.4. The van der Waals surface area contributed by atoms with Gasteiger partial charge in [0.25, 0.3) is 0 Å². The average molecular weight is 124 g/mol. The first-order valence-corrected chi connectivity index (χ1v) is 4.38. The second-order valence-electron chi connectivity index (χ2n) is 3.91. The molecular weight excluding hydrogens is 108 g/mol. The monoisotopic (exact) mass is 124 g/mol. The van der Waals surface area contributed by atoms with Crippen molar-refractivity contribution in [2.24, 2.45) is 17.8 Å². The van der Waals surface area contributed by atoms with Gasteiger partial charge < -0.3 is 0 Å². The quantitative estimate of drug-likeness (QED) is 0.504. The highest BCUT2D eigenvalue weighted by Crippen LogP contribution is 2.47. The zero-order valence-electron chi connectivity index (χ0n) is 6.27. The molecule has 9 heavy (non-hydrogen) atoms. The molecule has 2 aliphatic rings. The zero-order valence-corrected chi connectivity index (χ0v) is 6.27. The van der Waals surface area contributed by atoms with Gasteiger partial charge in [0.2, 0.25) is 0 Å². The summed E-state index contributed by atoms with van der Waals surface area (Å²) < 4.78 is 0. The van der Waals surface area contributed by atoms with Gasteiger partial charge in [0.15, 0.2) is 0 Å². The van der Waals surface area contributed by atoms with Crippen molar-refractivity contribution in [3.8, 4) is 0 Å². The van der Waals surface area contributed by atoms with Gasteiger partial charge in [-0.05, 0) is 24.2 Å². The van der Waals surface area contributed by atoms with Crippen LogP contribution in [0.15, 0.2) is 0 Å². The van der Waals surface area contributed by atoms with E-state index in [1.165, 1.54) is 12.8 Å². The first-order chi connectivity index (χ1) is 4.38. The molecule has 2 unspecified atom stereocenters. The Morgan fingerprint density at radius 1 is 1.00 bits per heavy atom. The molecule has 52 valence electrons. The van der Waals surface area contributed by atoms with Gasteiger partial charge in [-0.3, -0.25) is 0 Å². The Bertz CT molecular complexity index is 103. The molecule has 0 bridgehead atoms. The lowest BCUT2D eigenvalue weighted by Crippen LogP contribution is -2.34. The molecule has 0 nitrogen and oxygen atoms in total. The summed E-state index contributed by atoms with van der Waals surface area (Å²) in [4.78, 5) is 0. The van der Waals surface area contributed by atoms with Crippen molar-refractivity contribution in [1.29, 1.82) is 0 Å². The lowest BCUT2D eigenvalue weighted by atomic mass is 9.62. The Hall–Kier alpha value is 0. The van der Waals surface area contributed by atoms with Gasteiger partial charge in [-0.1, -0.05) is 32.6 Å². The van der Waals surface area contributed by atoms with Crippen LogP contribution < -0.4 is 0 Å². The van der Waals surface area contributed by atoms with Gasteiger partial charge >= 0.3 is 0 Å². The first-order valence-electron chi connectivity index (χ1n) is 4.38. The van der Waals surface area contributed by atoms with Gasteiger partial charge in [0.1, 0.15) is 0 Å². The van der Waals surface area contributed by atoms with Crippen LogP contribution in [0.5, 0.6) is 0 Å². The average Bonchev–Trinajstić information content (AvgIpc) is 1.74. The third-order valence-corrected chi connectivity index (χ3v) is 3.44.